The van der Waals surface area contributed by atoms with E-state index in [1.165, 1.54) is 5.56 Å². The van der Waals surface area contributed by atoms with Crippen LogP contribution in [0.3, 0.4) is 0 Å². The van der Waals surface area contributed by atoms with Gasteiger partial charge in [0.15, 0.2) is 0 Å². The fraction of sp³-hybridized carbons (Fsp3) is 0.462. The van der Waals surface area contributed by atoms with Gasteiger partial charge in [0.05, 0.1) is 6.42 Å². The highest BCUT2D eigenvalue weighted by Crippen LogP contribution is 2.19. The van der Waals surface area contributed by atoms with Gasteiger partial charge in [-0.25, -0.2) is 5.84 Å². The van der Waals surface area contributed by atoms with Crippen molar-refractivity contribution in [3.05, 3.63) is 35.4 Å². The highest BCUT2D eigenvalue weighted by molar-refractivity contribution is 7.99. The molecule has 0 bridgehead atoms. The molecule has 0 fully saturated rings. The molecule has 0 aliphatic rings. The number of hydrogen-bond acceptors (Lipinski definition) is 4. The van der Waals surface area contributed by atoms with Gasteiger partial charge in [0, 0.05) is 11.0 Å². The molecule has 0 aromatic heterocycles. The van der Waals surface area contributed by atoms with Crippen LogP contribution in [0.15, 0.2) is 24.3 Å². The van der Waals surface area contributed by atoms with E-state index in [4.69, 9.17) is 11.6 Å². The number of amides is 1. The van der Waals surface area contributed by atoms with Crippen molar-refractivity contribution in [1.29, 1.82) is 0 Å². The first kappa shape index (κ1) is 15.0. The first-order chi connectivity index (χ1) is 8.65. The molecule has 1 amide bonds. The lowest BCUT2D eigenvalue weighted by Gasteiger charge is -2.09. The van der Waals surface area contributed by atoms with Crippen molar-refractivity contribution in [2.75, 3.05) is 6.54 Å². The zero-order chi connectivity index (χ0) is 13.4. The van der Waals surface area contributed by atoms with Crippen LogP contribution >= 0.6 is 11.8 Å². The molecule has 1 unspecified atom stereocenters. The quantitative estimate of drug-likeness (QED) is 0.394. The fourth-order valence-electron chi connectivity index (χ4n) is 1.55. The predicted molar refractivity (Wildman–Crippen MR) is 76.9 cm³/mol. The molecule has 1 atom stereocenters. The summed E-state index contributed by atoms with van der Waals surface area (Å²) in [5.74, 6) is 5.85. The Morgan fingerprint density at radius 3 is 2.50 bits per heavy atom. The van der Waals surface area contributed by atoms with E-state index in [9.17, 15) is 4.79 Å². The van der Waals surface area contributed by atoms with Crippen LogP contribution in [0, 0.1) is 0 Å². The van der Waals surface area contributed by atoms with Crippen molar-refractivity contribution >= 4 is 17.7 Å². The Morgan fingerprint density at radius 1 is 1.33 bits per heavy atom. The van der Waals surface area contributed by atoms with Crippen molar-refractivity contribution < 1.29 is 4.79 Å². The minimum absolute atomic E-state index is 0.173. The van der Waals surface area contributed by atoms with Crippen molar-refractivity contribution in [2.45, 2.75) is 30.8 Å². The van der Waals surface area contributed by atoms with E-state index < -0.39 is 0 Å². The molecule has 0 aliphatic heterocycles. The number of rotatable bonds is 7. The maximum Gasteiger partial charge on any atom is 0.238 e. The highest BCUT2D eigenvalue weighted by Gasteiger charge is 2.03. The second kappa shape index (κ2) is 8.13. The van der Waals surface area contributed by atoms with Gasteiger partial charge < -0.3 is 5.73 Å². The number of carbonyl (C=O) groups excluding carboxylic acids is 1. The van der Waals surface area contributed by atoms with Crippen LogP contribution in [-0.2, 0) is 17.0 Å². The first-order valence-corrected chi connectivity index (χ1v) is 7.09. The van der Waals surface area contributed by atoms with Crippen molar-refractivity contribution in [3.63, 3.8) is 0 Å². The SMILES string of the molecule is CC(CCN)SCc1ccc(CC(=O)NN)cc1. The number of benzene rings is 1. The van der Waals surface area contributed by atoms with E-state index in [1.807, 2.05) is 23.9 Å². The lowest BCUT2D eigenvalue weighted by molar-refractivity contribution is -0.120. The number of nitrogens with one attached hydrogen (secondary N) is 1. The van der Waals surface area contributed by atoms with E-state index in [0.717, 1.165) is 24.3 Å². The zero-order valence-corrected chi connectivity index (χ0v) is 11.5. The smallest absolute Gasteiger partial charge is 0.238 e. The average Bonchev–Trinajstić information content (AvgIpc) is 2.38. The fourth-order valence-corrected chi connectivity index (χ4v) is 2.52. The molecule has 0 aliphatic carbocycles. The molecular weight excluding hydrogens is 246 g/mol. The lowest BCUT2D eigenvalue weighted by atomic mass is 10.1. The van der Waals surface area contributed by atoms with Crippen LogP contribution < -0.4 is 17.0 Å². The van der Waals surface area contributed by atoms with Crippen molar-refractivity contribution in [3.8, 4) is 0 Å². The number of hydrogen-bond donors (Lipinski definition) is 3. The Hall–Kier alpha value is -1.04. The summed E-state index contributed by atoms with van der Waals surface area (Å²) in [6.07, 6.45) is 1.37. The molecule has 0 saturated carbocycles. The lowest BCUT2D eigenvalue weighted by Crippen LogP contribution is -2.31. The largest absolute Gasteiger partial charge is 0.330 e. The van der Waals surface area contributed by atoms with E-state index >= 15 is 0 Å². The van der Waals surface area contributed by atoms with Crippen LogP contribution in [0.25, 0.3) is 0 Å². The molecule has 0 heterocycles. The molecule has 0 spiro atoms. The van der Waals surface area contributed by atoms with Gasteiger partial charge >= 0.3 is 0 Å². The Morgan fingerprint density at radius 2 is 1.94 bits per heavy atom. The number of nitrogens with two attached hydrogens (primary N) is 2. The summed E-state index contributed by atoms with van der Waals surface area (Å²) in [6, 6.07) is 8.06. The summed E-state index contributed by atoms with van der Waals surface area (Å²) in [7, 11) is 0. The van der Waals surface area contributed by atoms with Gasteiger partial charge in [-0.15, -0.1) is 0 Å². The van der Waals surface area contributed by atoms with Gasteiger partial charge in [0.25, 0.3) is 0 Å². The van der Waals surface area contributed by atoms with E-state index in [0.29, 0.717) is 11.7 Å². The topological polar surface area (TPSA) is 81.1 Å². The zero-order valence-electron chi connectivity index (χ0n) is 10.7. The van der Waals surface area contributed by atoms with E-state index in [2.05, 4.69) is 24.5 Å². The first-order valence-electron chi connectivity index (χ1n) is 6.04. The van der Waals surface area contributed by atoms with Gasteiger partial charge in [-0.1, -0.05) is 31.2 Å². The van der Waals surface area contributed by atoms with Gasteiger partial charge in [0.1, 0.15) is 0 Å². The van der Waals surface area contributed by atoms with Crippen molar-refractivity contribution in [2.24, 2.45) is 11.6 Å². The molecule has 1 aromatic rings. The summed E-state index contributed by atoms with van der Waals surface area (Å²) in [5.41, 5.74) is 9.88. The molecule has 5 N–H and O–H groups in total. The second-order valence-electron chi connectivity index (χ2n) is 4.26. The van der Waals surface area contributed by atoms with Gasteiger partial charge in [0.2, 0.25) is 5.91 Å². The molecule has 100 valence electrons. The second-order valence-corrected chi connectivity index (χ2v) is 5.69. The maximum absolute atomic E-state index is 11.1. The molecule has 0 saturated heterocycles. The summed E-state index contributed by atoms with van der Waals surface area (Å²) < 4.78 is 0. The molecule has 4 nitrogen and oxygen atoms in total. The van der Waals surface area contributed by atoms with E-state index in [-0.39, 0.29) is 5.91 Å². The molecule has 18 heavy (non-hydrogen) atoms. The molecule has 0 radical (unpaired) electrons. The Kier molecular flexibility index (Phi) is 6.78. The van der Waals surface area contributed by atoms with Crippen LogP contribution in [0.2, 0.25) is 0 Å². The Labute approximate surface area is 112 Å². The van der Waals surface area contributed by atoms with Gasteiger partial charge in [-0.05, 0) is 24.1 Å². The summed E-state index contributed by atoms with van der Waals surface area (Å²) in [5, 5.41) is 0.581. The number of hydrazine groups is 1. The average molecular weight is 267 g/mol. The maximum atomic E-state index is 11.1. The van der Waals surface area contributed by atoms with Crippen molar-refractivity contribution in [1.82, 2.24) is 5.43 Å². The van der Waals surface area contributed by atoms with Gasteiger partial charge in [-0.3, -0.25) is 10.2 Å². The minimum atomic E-state index is -0.173. The standard InChI is InChI=1S/C13H21N3OS/c1-10(6-7-14)18-9-12-4-2-11(3-5-12)8-13(17)16-15/h2-5,10H,6-9,14-15H2,1H3,(H,16,17). The summed E-state index contributed by atoms with van der Waals surface area (Å²) in [4.78, 5) is 11.1. The number of thioether (sulfide) groups is 1. The van der Waals surface area contributed by atoms with E-state index in [1.54, 1.807) is 0 Å². The number of carbonyl (C=O) groups is 1. The normalized spacial score (nSPS) is 12.2. The molecule has 1 aromatic carbocycles. The van der Waals surface area contributed by atoms with Crippen LogP contribution in [0.1, 0.15) is 24.5 Å². The Bertz CT molecular complexity index is 367. The molecular formula is C13H21N3OS. The summed E-state index contributed by atoms with van der Waals surface area (Å²) in [6.45, 7) is 2.93. The summed E-state index contributed by atoms with van der Waals surface area (Å²) >= 11 is 1.90. The van der Waals surface area contributed by atoms with Gasteiger partial charge in [-0.2, -0.15) is 11.8 Å². The highest BCUT2D eigenvalue weighted by atomic mass is 32.2. The monoisotopic (exact) mass is 267 g/mol. The Balaban J connectivity index is 2.42. The third-order valence-corrected chi connectivity index (χ3v) is 3.96. The van der Waals surface area contributed by atoms with Crippen LogP contribution in [-0.4, -0.2) is 17.7 Å². The molecule has 5 heteroatoms. The molecule has 1 rings (SSSR count). The van der Waals surface area contributed by atoms with Crippen LogP contribution in [0.4, 0.5) is 0 Å². The minimum Gasteiger partial charge on any atom is -0.330 e. The predicted octanol–water partition coefficient (Wildman–Crippen LogP) is 1.19. The third kappa shape index (κ3) is 5.53. The third-order valence-electron chi connectivity index (χ3n) is 2.66. The van der Waals surface area contributed by atoms with Crippen LogP contribution in [0.5, 0.6) is 0 Å².